The first-order chi connectivity index (χ1) is 10.9. The molecule has 5 nitrogen and oxygen atoms in total. The van der Waals surface area contributed by atoms with Crippen molar-refractivity contribution in [2.24, 2.45) is 11.8 Å². The Morgan fingerprint density at radius 3 is 2.65 bits per heavy atom. The maximum atomic E-state index is 12.3. The number of carbonyl (C=O) groups excluding carboxylic acids is 1. The van der Waals surface area contributed by atoms with Gasteiger partial charge in [-0.3, -0.25) is 8.98 Å². The van der Waals surface area contributed by atoms with Crippen molar-refractivity contribution in [2.45, 2.75) is 43.6 Å². The van der Waals surface area contributed by atoms with Gasteiger partial charge in [0.05, 0.1) is 18.1 Å². The zero-order valence-electron chi connectivity index (χ0n) is 13.4. The highest BCUT2D eigenvalue weighted by Gasteiger charge is 2.52. The van der Waals surface area contributed by atoms with Crippen molar-refractivity contribution >= 4 is 15.9 Å². The Bertz CT molecular complexity index is 694. The summed E-state index contributed by atoms with van der Waals surface area (Å²) in [6, 6.07) is 6.55. The molecular formula is C17H22O5S. The number of Topliss-reactive ketones (excluding diaryl/α,β-unsaturated/α-hetero) is 1. The van der Waals surface area contributed by atoms with Crippen LogP contribution in [0.5, 0.6) is 0 Å². The van der Waals surface area contributed by atoms with Gasteiger partial charge in [0.25, 0.3) is 10.1 Å². The lowest BCUT2D eigenvalue weighted by Gasteiger charge is -2.33. The van der Waals surface area contributed by atoms with Crippen LogP contribution in [0, 0.1) is 18.8 Å². The second-order valence-corrected chi connectivity index (χ2v) is 8.18. The molecule has 2 aliphatic rings. The van der Waals surface area contributed by atoms with E-state index in [2.05, 4.69) is 0 Å². The number of hydrogen-bond acceptors (Lipinski definition) is 5. The Hall–Kier alpha value is -1.24. The fraction of sp³-hybridized carbons (Fsp3) is 0.588. The lowest BCUT2D eigenvalue weighted by atomic mass is 9.73. The van der Waals surface area contributed by atoms with E-state index in [-0.39, 0.29) is 29.1 Å². The van der Waals surface area contributed by atoms with Crippen LogP contribution in [-0.2, 0) is 23.8 Å². The van der Waals surface area contributed by atoms with Gasteiger partial charge in [0.1, 0.15) is 5.60 Å². The molecule has 0 spiro atoms. The molecule has 0 amide bonds. The van der Waals surface area contributed by atoms with Crippen LogP contribution < -0.4 is 0 Å². The topological polar surface area (TPSA) is 69.7 Å². The summed E-state index contributed by atoms with van der Waals surface area (Å²) in [6.07, 6.45) is 1.69. The first kappa shape index (κ1) is 16.6. The fourth-order valence-corrected chi connectivity index (χ4v) is 4.44. The summed E-state index contributed by atoms with van der Waals surface area (Å²) >= 11 is 0. The summed E-state index contributed by atoms with van der Waals surface area (Å²) < 4.78 is 35.5. The third kappa shape index (κ3) is 3.07. The predicted octanol–water partition coefficient (Wildman–Crippen LogP) is 2.47. The number of aryl methyl sites for hydroxylation is 1. The van der Waals surface area contributed by atoms with Crippen LogP contribution >= 0.6 is 0 Å². The molecule has 2 fully saturated rings. The van der Waals surface area contributed by atoms with Gasteiger partial charge in [-0.15, -0.1) is 0 Å². The molecular weight excluding hydrogens is 316 g/mol. The van der Waals surface area contributed by atoms with E-state index in [1.165, 1.54) is 12.1 Å². The molecule has 6 heteroatoms. The van der Waals surface area contributed by atoms with Gasteiger partial charge in [0, 0.05) is 6.42 Å². The molecule has 1 aromatic carbocycles. The number of carbonyl (C=O) groups is 1. The Kier molecular flexibility index (Phi) is 4.33. The van der Waals surface area contributed by atoms with Crippen LogP contribution in [0.1, 0.15) is 31.7 Å². The maximum absolute atomic E-state index is 12.3. The molecule has 1 saturated carbocycles. The van der Waals surface area contributed by atoms with Crippen LogP contribution in [0.25, 0.3) is 0 Å². The molecule has 0 unspecified atom stereocenters. The van der Waals surface area contributed by atoms with Crippen LogP contribution in [0.15, 0.2) is 29.2 Å². The molecule has 3 rings (SSSR count). The monoisotopic (exact) mass is 338 g/mol. The zero-order valence-corrected chi connectivity index (χ0v) is 14.3. The van der Waals surface area contributed by atoms with E-state index in [4.69, 9.17) is 8.92 Å². The van der Waals surface area contributed by atoms with Crippen molar-refractivity contribution in [3.63, 3.8) is 0 Å². The summed E-state index contributed by atoms with van der Waals surface area (Å²) in [5.41, 5.74) is 0.359. The van der Waals surface area contributed by atoms with E-state index >= 15 is 0 Å². The maximum Gasteiger partial charge on any atom is 0.296 e. The smallest absolute Gasteiger partial charge is 0.296 e. The molecule has 1 aliphatic heterocycles. The molecule has 1 aliphatic carbocycles. The normalized spacial score (nSPS) is 30.6. The number of benzene rings is 1. The van der Waals surface area contributed by atoms with Crippen LogP contribution in [0.2, 0.25) is 0 Å². The SMILES string of the molecule is CC[C@]12C[C@H](CO1)[C@H](COS(=O)(=O)c1ccc(C)cc1)CC2=O. The van der Waals surface area contributed by atoms with Crippen molar-refractivity contribution in [3.05, 3.63) is 29.8 Å². The van der Waals surface area contributed by atoms with Crippen molar-refractivity contribution in [2.75, 3.05) is 13.2 Å². The van der Waals surface area contributed by atoms with Crippen LogP contribution in [0.3, 0.4) is 0 Å². The van der Waals surface area contributed by atoms with Crippen molar-refractivity contribution in [1.29, 1.82) is 0 Å². The molecule has 0 radical (unpaired) electrons. The highest BCUT2D eigenvalue weighted by atomic mass is 32.2. The number of hydrogen-bond donors (Lipinski definition) is 0. The van der Waals surface area contributed by atoms with Crippen molar-refractivity contribution in [1.82, 2.24) is 0 Å². The molecule has 3 atom stereocenters. The molecule has 1 saturated heterocycles. The number of rotatable bonds is 5. The van der Waals surface area contributed by atoms with Gasteiger partial charge >= 0.3 is 0 Å². The Morgan fingerprint density at radius 1 is 1.30 bits per heavy atom. The molecule has 1 aromatic rings. The third-order valence-corrected chi connectivity index (χ3v) is 6.40. The first-order valence-corrected chi connectivity index (χ1v) is 9.40. The minimum Gasteiger partial charge on any atom is -0.367 e. The standard InChI is InChI=1S/C17H22O5S/c1-3-17-9-14(10-21-17)13(8-16(17)18)11-22-23(19,20)15-6-4-12(2)5-7-15/h4-7,13-14H,3,8-11H2,1-2H3/t13-,14+,17+/m0/s1. The Balaban J connectivity index is 1.67. The lowest BCUT2D eigenvalue weighted by molar-refractivity contribution is -0.141. The summed E-state index contributed by atoms with van der Waals surface area (Å²) in [6.45, 7) is 4.40. The Morgan fingerprint density at radius 2 is 2.00 bits per heavy atom. The molecule has 23 heavy (non-hydrogen) atoms. The average molecular weight is 338 g/mol. The minimum absolute atomic E-state index is 0.0375. The molecule has 0 N–H and O–H groups in total. The van der Waals surface area contributed by atoms with Crippen molar-refractivity contribution in [3.8, 4) is 0 Å². The van der Waals surface area contributed by atoms with Gasteiger partial charge in [0.15, 0.2) is 5.78 Å². The van der Waals surface area contributed by atoms with E-state index in [0.29, 0.717) is 25.9 Å². The fourth-order valence-electron chi connectivity index (χ4n) is 3.48. The van der Waals surface area contributed by atoms with Gasteiger partial charge < -0.3 is 4.74 Å². The number of ether oxygens (including phenoxy) is 1. The van der Waals surface area contributed by atoms with E-state index in [9.17, 15) is 13.2 Å². The summed E-state index contributed by atoms with van der Waals surface area (Å²) in [5.74, 6) is 0.181. The quantitative estimate of drug-likeness (QED) is 0.772. The van der Waals surface area contributed by atoms with Gasteiger partial charge in [-0.05, 0) is 43.7 Å². The number of ketones is 1. The summed E-state index contributed by atoms with van der Waals surface area (Å²) in [4.78, 5) is 12.5. The van der Waals surface area contributed by atoms with Crippen LogP contribution in [0.4, 0.5) is 0 Å². The number of fused-ring (bicyclic) bond motifs is 2. The first-order valence-electron chi connectivity index (χ1n) is 8.00. The predicted molar refractivity (Wildman–Crippen MR) is 84.5 cm³/mol. The summed E-state index contributed by atoms with van der Waals surface area (Å²) in [7, 11) is -3.78. The highest BCUT2D eigenvalue weighted by molar-refractivity contribution is 7.86. The van der Waals surface area contributed by atoms with E-state index in [1.54, 1.807) is 12.1 Å². The van der Waals surface area contributed by atoms with E-state index in [0.717, 1.165) is 5.56 Å². The second kappa shape index (κ2) is 6.00. The molecule has 126 valence electrons. The third-order valence-electron chi connectivity index (χ3n) is 5.11. The van der Waals surface area contributed by atoms with Gasteiger partial charge in [-0.1, -0.05) is 24.6 Å². The molecule has 2 bridgehead atoms. The van der Waals surface area contributed by atoms with Gasteiger partial charge in [-0.2, -0.15) is 8.42 Å². The van der Waals surface area contributed by atoms with E-state index in [1.807, 2.05) is 13.8 Å². The highest BCUT2D eigenvalue weighted by Crippen LogP contribution is 2.44. The zero-order chi connectivity index (χ0) is 16.7. The van der Waals surface area contributed by atoms with E-state index < -0.39 is 15.7 Å². The van der Waals surface area contributed by atoms with Gasteiger partial charge in [-0.25, -0.2) is 0 Å². The molecule has 1 heterocycles. The second-order valence-electron chi connectivity index (χ2n) is 6.56. The lowest BCUT2D eigenvalue weighted by Crippen LogP contribution is -2.43. The largest absolute Gasteiger partial charge is 0.367 e. The molecule has 0 aromatic heterocycles. The van der Waals surface area contributed by atoms with Crippen molar-refractivity contribution < 1.29 is 22.1 Å². The minimum atomic E-state index is -3.78. The van der Waals surface area contributed by atoms with Gasteiger partial charge in [0.2, 0.25) is 0 Å². The average Bonchev–Trinajstić information content (AvgIpc) is 2.92. The Labute approximate surface area is 137 Å². The van der Waals surface area contributed by atoms with Crippen LogP contribution in [-0.4, -0.2) is 33.0 Å². The summed E-state index contributed by atoms with van der Waals surface area (Å²) in [5, 5.41) is 0.